The van der Waals surface area contributed by atoms with Crippen LogP contribution < -0.4 is 5.73 Å². The second-order valence-electron chi connectivity index (χ2n) is 6.02. The van der Waals surface area contributed by atoms with Gasteiger partial charge in [0.15, 0.2) is 0 Å². The highest BCUT2D eigenvalue weighted by Gasteiger charge is 2.18. The quantitative estimate of drug-likeness (QED) is 0.835. The monoisotopic (exact) mass is 338 g/mol. The molecule has 0 saturated carbocycles. The molecule has 0 spiro atoms. The summed E-state index contributed by atoms with van der Waals surface area (Å²) in [5, 5.41) is 0. The third-order valence-electron chi connectivity index (χ3n) is 4.44. The molecule has 2 nitrogen and oxygen atoms in total. The number of piperidine rings is 1. The molecule has 0 radical (unpaired) electrons. The summed E-state index contributed by atoms with van der Waals surface area (Å²) in [5.74, 6) is 0.968. The van der Waals surface area contributed by atoms with Crippen molar-refractivity contribution in [1.29, 1.82) is 0 Å². The summed E-state index contributed by atoms with van der Waals surface area (Å²) < 4.78 is 1.12. The Morgan fingerprint density at radius 2 is 2.10 bits per heavy atom. The molecule has 1 unspecified atom stereocenters. The van der Waals surface area contributed by atoms with Crippen molar-refractivity contribution in [1.82, 2.24) is 4.90 Å². The van der Waals surface area contributed by atoms with E-state index in [1.165, 1.54) is 44.3 Å². The Morgan fingerprint density at radius 3 is 2.75 bits per heavy atom. The molecular formula is C17H27BrN2. The van der Waals surface area contributed by atoms with Crippen LogP contribution in [0.1, 0.15) is 50.6 Å². The van der Waals surface area contributed by atoms with Crippen LogP contribution in [0.3, 0.4) is 0 Å². The minimum Gasteiger partial charge on any atom is -0.324 e. The first-order valence-corrected chi connectivity index (χ1v) is 8.71. The van der Waals surface area contributed by atoms with E-state index in [2.05, 4.69) is 52.0 Å². The smallest absolute Gasteiger partial charge is 0.0307 e. The fourth-order valence-electron chi connectivity index (χ4n) is 3.13. The second kappa shape index (κ2) is 8.16. The number of likely N-dealkylation sites (tertiary alicyclic amines) is 1. The molecule has 1 aromatic rings. The highest BCUT2D eigenvalue weighted by Crippen LogP contribution is 2.23. The molecule has 1 fully saturated rings. The molecule has 1 aliphatic heterocycles. The van der Waals surface area contributed by atoms with E-state index in [0.29, 0.717) is 0 Å². The lowest BCUT2D eigenvalue weighted by Gasteiger charge is -2.32. The number of nitrogens with zero attached hydrogens (tertiary/aromatic N) is 1. The number of rotatable bonds is 6. The zero-order valence-electron chi connectivity index (χ0n) is 12.5. The number of hydrogen-bond donors (Lipinski definition) is 1. The van der Waals surface area contributed by atoms with Crippen LogP contribution in [-0.2, 0) is 0 Å². The van der Waals surface area contributed by atoms with E-state index in [1.807, 2.05) is 0 Å². The van der Waals surface area contributed by atoms with Gasteiger partial charge in [-0.3, -0.25) is 0 Å². The van der Waals surface area contributed by atoms with Crippen LogP contribution in [0.2, 0.25) is 0 Å². The van der Waals surface area contributed by atoms with E-state index in [0.717, 1.165) is 23.4 Å². The minimum atomic E-state index is 0.154. The van der Waals surface area contributed by atoms with Gasteiger partial charge >= 0.3 is 0 Å². The molecular weight excluding hydrogens is 312 g/mol. The van der Waals surface area contributed by atoms with E-state index in [4.69, 9.17) is 5.73 Å². The summed E-state index contributed by atoms with van der Waals surface area (Å²) in [4.78, 5) is 2.59. The van der Waals surface area contributed by atoms with Crippen molar-refractivity contribution >= 4 is 15.9 Å². The number of halogens is 1. The predicted molar refractivity (Wildman–Crippen MR) is 89.8 cm³/mol. The third-order valence-corrected chi connectivity index (χ3v) is 4.93. The van der Waals surface area contributed by atoms with Crippen LogP contribution in [0.15, 0.2) is 28.7 Å². The molecule has 1 aromatic carbocycles. The van der Waals surface area contributed by atoms with Crippen LogP contribution in [0.4, 0.5) is 0 Å². The topological polar surface area (TPSA) is 29.3 Å². The molecule has 2 rings (SSSR count). The van der Waals surface area contributed by atoms with Gasteiger partial charge in [0.25, 0.3) is 0 Å². The van der Waals surface area contributed by atoms with Gasteiger partial charge in [0.05, 0.1) is 0 Å². The van der Waals surface area contributed by atoms with Gasteiger partial charge in [-0.15, -0.1) is 0 Å². The van der Waals surface area contributed by atoms with Crippen molar-refractivity contribution in [3.05, 3.63) is 34.3 Å². The first-order valence-electron chi connectivity index (χ1n) is 7.92. The summed E-state index contributed by atoms with van der Waals surface area (Å²) in [5.41, 5.74) is 7.54. The number of benzene rings is 1. The van der Waals surface area contributed by atoms with E-state index >= 15 is 0 Å². The maximum absolute atomic E-state index is 6.31. The number of nitrogens with two attached hydrogens (primary N) is 1. The van der Waals surface area contributed by atoms with Crippen LogP contribution >= 0.6 is 15.9 Å². The first kappa shape index (κ1) is 16.0. The lowest BCUT2D eigenvalue weighted by Crippen LogP contribution is -2.35. The molecule has 1 atom stereocenters. The molecule has 0 aromatic heterocycles. The van der Waals surface area contributed by atoms with E-state index in [1.54, 1.807) is 0 Å². The third kappa shape index (κ3) is 4.87. The standard InChI is InChI=1S/C17H27BrN2/c1-2-4-14-7-10-20(11-8-14)12-9-17(19)15-5-3-6-16(18)13-15/h3,5-6,13-14,17H,2,4,7-12,19H2,1H3. The molecule has 0 aliphatic carbocycles. The summed E-state index contributed by atoms with van der Waals surface area (Å²) >= 11 is 3.51. The fourth-order valence-corrected chi connectivity index (χ4v) is 3.55. The average molecular weight is 339 g/mol. The zero-order valence-corrected chi connectivity index (χ0v) is 14.1. The average Bonchev–Trinajstić information content (AvgIpc) is 2.46. The normalized spacial score (nSPS) is 19.1. The van der Waals surface area contributed by atoms with Crippen LogP contribution in [0, 0.1) is 5.92 Å². The van der Waals surface area contributed by atoms with E-state index < -0.39 is 0 Å². The molecule has 0 amide bonds. The number of hydrogen-bond acceptors (Lipinski definition) is 2. The zero-order chi connectivity index (χ0) is 14.4. The molecule has 1 aliphatic rings. The van der Waals surface area contributed by atoms with Gasteiger partial charge in [-0.1, -0.05) is 47.8 Å². The van der Waals surface area contributed by atoms with Crippen molar-refractivity contribution in [2.45, 2.75) is 45.1 Å². The van der Waals surface area contributed by atoms with Gasteiger partial charge in [-0.2, -0.15) is 0 Å². The van der Waals surface area contributed by atoms with Crippen molar-refractivity contribution in [3.63, 3.8) is 0 Å². The highest BCUT2D eigenvalue weighted by atomic mass is 79.9. The molecule has 112 valence electrons. The second-order valence-corrected chi connectivity index (χ2v) is 6.94. The lowest BCUT2D eigenvalue weighted by atomic mass is 9.92. The Bertz CT molecular complexity index is 400. The largest absolute Gasteiger partial charge is 0.324 e. The Labute approximate surface area is 131 Å². The maximum atomic E-state index is 6.31. The van der Waals surface area contributed by atoms with Crippen molar-refractivity contribution in [3.8, 4) is 0 Å². The van der Waals surface area contributed by atoms with Crippen LogP contribution in [-0.4, -0.2) is 24.5 Å². The van der Waals surface area contributed by atoms with Crippen molar-refractivity contribution in [2.75, 3.05) is 19.6 Å². The van der Waals surface area contributed by atoms with Gasteiger partial charge in [0.2, 0.25) is 0 Å². The summed E-state index contributed by atoms with van der Waals surface area (Å²) in [6.07, 6.45) is 6.54. The Balaban J connectivity index is 1.73. The summed E-state index contributed by atoms with van der Waals surface area (Å²) in [6, 6.07) is 8.53. The Morgan fingerprint density at radius 1 is 1.35 bits per heavy atom. The van der Waals surface area contributed by atoms with E-state index in [9.17, 15) is 0 Å². The summed E-state index contributed by atoms with van der Waals surface area (Å²) in [7, 11) is 0. The Kier molecular flexibility index (Phi) is 6.53. The van der Waals surface area contributed by atoms with Crippen LogP contribution in [0.25, 0.3) is 0 Å². The maximum Gasteiger partial charge on any atom is 0.0307 e. The SMILES string of the molecule is CCCC1CCN(CCC(N)c2cccc(Br)c2)CC1. The van der Waals surface area contributed by atoms with Gasteiger partial charge in [0.1, 0.15) is 0 Å². The fraction of sp³-hybridized carbons (Fsp3) is 0.647. The van der Waals surface area contributed by atoms with Gasteiger partial charge in [-0.25, -0.2) is 0 Å². The van der Waals surface area contributed by atoms with Crippen molar-refractivity contribution in [2.24, 2.45) is 11.7 Å². The molecule has 1 heterocycles. The van der Waals surface area contributed by atoms with Crippen molar-refractivity contribution < 1.29 is 0 Å². The lowest BCUT2D eigenvalue weighted by molar-refractivity contribution is 0.174. The highest BCUT2D eigenvalue weighted by molar-refractivity contribution is 9.10. The minimum absolute atomic E-state index is 0.154. The van der Waals surface area contributed by atoms with Gasteiger partial charge in [-0.05, 0) is 62.5 Å². The summed E-state index contributed by atoms with van der Waals surface area (Å²) in [6.45, 7) is 5.95. The van der Waals surface area contributed by atoms with E-state index in [-0.39, 0.29) is 6.04 Å². The molecule has 2 N–H and O–H groups in total. The first-order chi connectivity index (χ1) is 9.69. The molecule has 1 saturated heterocycles. The van der Waals surface area contributed by atoms with Gasteiger partial charge < -0.3 is 10.6 Å². The van der Waals surface area contributed by atoms with Crippen LogP contribution in [0.5, 0.6) is 0 Å². The Hall–Kier alpha value is -0.380. The molecule has 3 heteroatoms. The molecule has 20 heavy (non-hydrogen) atoms. The molecule has 0 bridgehead atoms. The predicted octanol–water partition coefficient (Wildman–Crippen LogP) is 4.35. The van der Waals surface area contributed by atoms with Gasteiger partial charge in [0, 0.05) is 10.5 Å².